The Bertz CT molecular complexity index is 1120. The number of imide groups is 1. The lowest BCUT2D eigenvalue weighted by molar-refractivity contribution is -0.136. The van der Waals surface area contributed by atoms with E-state index < -0.39 is 6.04 Å². The number of allylic oxidation sites excluding steroid dienone is 2. The van der Waals surface area contributed by atoms with Crippen LogP contribution in [0.3, 0.4) is 0 Å². The summed E-state index contributed by atoms with van der Waals surface area (Å²) in [6, 6.07) is 5.41. The van der Waals surface area contributed by atoms with Crippen LogP contribution in [0.1, 0.15) is 24.0 Å². The third-order valence-corrected chi connectivity index (χ3v) is 6.87. The van der Waals surface area contributed by atoms with Crippen LogP contribution in [-0.2, 0) is 37.0 Å². The number of ketones is 1. The van der Waals surface area contributed by atoms with E-state index >= 15 is 0 Å². The summed E-state index contributed by atoms with van der Waals surface area (Å²) in [5.74, 6) is -0.472. The van der Waals surface area contributed by atoms with Gasteiger partial charge in [-0.1, -0.05) is 23.7 Å². The fourth-order valence-corrected chi connectivity index (χ4v) is 4.90. The average molecular weight is 484 g/mol. The molecule has 0 spiro atoms. The van der Waals surface area contributed by atoms with Crippen molar-refractivity contribution in [1.29, 1.82) is 0 Å². The number of carbonyl (C=O) groups is 3. The maximum absolute atomic E-state index is 12.6. The molecule has 3 heterocycles. The molecule has 2 amide bonds. The van der Waals surface area contributed by atoms with Crippen molar-refractivity contribution in [2.24, 2.45) is 0 Å². The van der Waals surface area contributed by atoms with Crippen molar-refractivity contribution < 1.29 is 23.9 Å². The van der Waals surface area contributed by atoms with Crippen LogP contribution in [0.2, 0.25) is 5.02 Å². The van der Waals surface area contributed by atoms with Gasteiger partial charge >= 0.3 is 0 Å². The minimum atomic E-state index is -0.439. The number of nitrogens with zero attached hydrogens (tertiary/aromatic N) is 2. The third-order valence-electron chi connectivity index (χ3n) is 6.51. The van der Waals surface area contributed by atoms with Gasteiger partial charge in [0.25, 0.3) is 0 Å². The zero-order valence-electron chi connectivity index (χ0n) is 18.7. The number of hydrogen-bond acceptors (Lipinski definition) is 7. The molecular weight excluding hydrogens is 458 g/mol. The standard InChI is InChI=1S/C25H26ClN3O5/c26-20-11-16(1-2-18(20)12-28-7-9-33-10-8-28)15-34-24-19-14-29(13-17(19)3-5-22(24)30)21-4-6-23(31)27-25(21)32/h1-3,5,11,13,21H,4,6-10,12,14-15H2,(H,27,31,32). The molecule has 9 heteroatoms. The van der Waals surface area contributed by atoms with Gasteiger partial charge in [-0.15, -0.1) is 0 Å². The number of amides is 2. The Balaban J connectivity index is 1.26. The van der Waals surface area contributed by atoms with E-state index in [1.165, 1.54) is 6.08 Å². The van der Waals surface area contributed by atoms with Crippen LogP contribution in [0.25, 0.3) is 0 Å². The summed E-state index contributed by atoms with van der Waals surface area (Å²) >= 11 is 6.54. The van der Waals surface area contributed by atoms with Crippen molar-refractivity contribution in [3.63, 3.8) is 0 Å². The summed E-state index contributed by atoms with van der Waals surface area (Å²) in [4.78, 5) is 40.5. The van der Waals surface area contributed by atoms with E-state index in [1.807, 2.05) is 29.3 Å². The van der Waals surface area contributed by atoms with Crippen LogP contribution >= 0.6 is 11.6 Å². The van der Waals surface area contributed by atoms with Crippen LogP contribution in [0.15, 0.2) is 53.5 Å². The average Bonchev–Trinajstić information content (AvgIpc) is 3.25. The quantitative estimate of drug-likeness (QED) is 0.620. The van der Waals surface area contributed by atoms with Gasteiger partial charge < -0.3 is 14.4 Å². The number of rotatable bonds is 6. The fourth-order valence-electron chi connectivity index (χ4n) is 4.63. The summed E-state index contributed by atoms with van der Waals surface area (Å²) in [7, 11) is 0. The number of hydrogen-bond donors (Lipinski definition) is 1. The Morgan fingerprint density at radius 2 is 1.97 bits per heavy atom. The lowest BCUT2D eigenvalue weighted by Gasteiger charge is -2.29. The first-order valence-electron chi connectivity index (χ1n) is 11.5. The van der Waals surface area contributed by atoms with E-state index in [2.05, 4.69) is 10.2 Å². The topological polar surface area (TPSA) is 88.2 Å². The maximum Gasteiger partial charge on any atom is 0.249 e. The molecule has 178 valence electrons. The van der Waals surface area contributed by atoms with Gasteiger partial charge in [-0.25, -0.2) is 0 Å². The summed E-state index contributed by atoms with van der Waals surface area (Å²) in [6.45, 7) is 4.61. The predicted octanol–water partition coefficient (Wildman–Crippen LogP) is 2.09. The second-order valence-corrected chi connectivity index (χ2v) is 9.24. The largest absolute Gasteiger partial charge is 0.484 e. The van der Waals surface area contributed by atoms with Crippen molar-refractivity contribution in [3.05, 3.63) is 69.6 Å². The first-order chi connectivity index (χ1) is 16.5. The van der Waals surface area contributed by atoms with Gasteiger partial charge in [-0.3, -0.25) is 24.6 Å². The SMILES string of the molecule is O=C1CCC(N2C=C3C=CC(=O)C(OCc4ccc(CN5CCOCC5)c(Cl)c4)=C3C2)C(=O)N1. The van der Waals surface area contributed by atoms with Crippen LogP contribution < -0.4 is 5.32 Å². The van der Waals surface area contributed by atoms with Crippen molar-refractivity contribution in [3.8, 4) is 0 Å². The number of piperidine rings is 1. The molecule has 0 bridgehead atoms. The number of fused-ring (bicyclic) bond motifs is 1. The smallest absolute Gasteiger partial charge is 0.249 e. The molecule has 8 nitrogen and oxygen atoms in total. The molecule has 2 fully saturated rings. The summed E-state index contributed by atoms with van der Waals surface area (Å²) in [5.41, 5.74) is 3.52. The summed E-state index contributed by atoms with van der Waals surface area (Å²) in [5, 5.41) is 3.06. The molecule has 0 radical (unpaired) electrons. The molecule has 34 heavy (non-hydrogen) atoms. The highest BCUT2D eigenvalue weighted by molar-refractivity contribution is 6.31. The Morgan fingerprint density at radius 3 is 2.74 bits per heavy atom. The summed E-state index contributed by atoms with van der Waals surface area (Å²) in [6.07, 6.45) is 5.84. The van der Waals surface area contributed by atoms with Crippen molar-refractivity contribution >= 4 is 29.2 Å². The molecule has 1 aromatic carbocycles. The number of carbonyl (C=O) groups excluding carboxylic acids is 3. The molecule has 0 saturated carbocycles. The van der Waals surface area contributed by atoms with E-state index in [9.17, 15) is 14.4 Å². The van der Waals surface area contributed by atoms with Gasteiger partial charge in [-0.05, 0) is 41.3 Å². The van der Waals surface area contributed by atoms with Crippen LogP contribution in [0.5, 0.6) is 0 Å². The van der Waals surface area contributed by atoms with Gasteiger partial charge in [0.1, 0.15) is 12.6 Å². The Kier molecular flexibility index (Phi) is 6.54. The molecule has 4 aliphatic rings. The van der Waals surface area contributed by atoms with Gasteiger partial charge in [0.2, 0.25) is 17.6 Å². The Morgan fingerprint density at radius 1 is 1.15 bits per heavy atom. The van der Waals surface area contributed by atoms with E-state index in [-0.39, 0.29) is 30.0 Å². The van der Waals surface area contributed by atoms with Gasteiger partial charge in [-0.2, -0.15) is 0 Å². The number of halogens is 1. The third kappa shape index (κ3) is 4.80. The number of ether oxygens (including phenoxy) is 2. The highest BCUT2D eigenvalue weighted by Crippen LogP contribution is 2.33. The lowest BCUT2D eigenvalue weighted by Crippen LogP contribution is -2.50. The van der Waals surface area contributed by atoms with E-state index in [0.29, 0.717) is 24.4 Å². The van der Waals surface area contributed by atoms with Gasteiger partial charge in [0.05, 0.1) is 13.2 Å². The Hall–Kier alpha value is -2.94. The van der Waals surface area contributed by atoms with Crippen molar-refractivity contribution in [1.82, 2.24) is 15.1 Å². The number of benzene rings is 1. The van der Waals surface area contributed by atoms with E-state index in [4.69, 9.17) is 21.1 Å². The molecule has 0 aromatic heterocycles. The number of morpholine rings is 1. The molecule has 2 saturated heterocycles. The summed E-state index contributed by atoms with van der Waals surface area (Å²) < 4.78 is 11.4. The molecule has 1 aliphatic carbocycles. The van der Waals surface area contributed by atoms with E-state index in [0.717, 1.165) is 55.1 Å². The zero-order chi connectivity index (χ0) is 23.7. The maximum atomic E-state index is 12.6. The number of nitrogens with one attached hydrogen (secondary N) is 1. The van der Waals surface area contributed by atoms with Crippen LogP contribution in [0, 0.1) is 0 Å². The molecule has 5 rings (SSSR count). The first-order valence-corrected chi connectivity index (χ1v) is 11.8. The molecule has 1 unspecified atom stereocenters. The lowest BCUT2D eigenvalue weighted by atomic mass is 10.00. The van der Waals surface area contributed by atoms with Crippen molar-refractivity contribution in [2.75, 3.05) is 32.8 Å². The Labute approximate surface area is 202 Å². The zero-order valence-corrected chi connectivity index (χ0v) is 19.5. The van der Waals surface area contributed by atoms with Gasteiger partial charge in [0, 0.05) is 49.4 Å². The fraction of sp³-hybridized carbons (Fsp3) is 0.400. The van der Waals surface area contributed by atoms with Crippen LogP contribution in [-0.4, -0.2) is 66.3 Å². The highest BCUT2D eigenvalue weighted by atomic mass is 35.5. The monoisotopic (exact) mass is 483 g/mol. The second-order valence-electron chi connectivity index (χ2n) is 8.83. The molecule has 1 N–H and O–H groups in total. The molecule has 3 aliphatic heterocycles. The normalized spacial score (nSPS) is 23.2. The van der Waals surface area contributed by atoms with Gasteiger partial charge in [0.15, 0.2) is 5.76 Å². The molecular formula is C25H26ClN3O5. The molecule has 1 aromatic rings. The van der Waals surface area contributed by atoms with Crippen LogP contribution in [0.4, 0.5) is 0 Å². The second kappa shape index (κ2) is 9.74. The minimum absolute atomic E-state index is 0.202. The van der Waals surface area contributed by atoms with E-state index in [1.54, 1.807) is 6.08 Å². The molecule has 1 atom stereocenters. The highest BCUT2D eigenvalue weighted by Gasteiger charge is 2.36. The predicted molar refractivity (Wildman–Crippen MR) is 124 cm³/mol. The van der Waals surface area contributed by atoms with Crippen molar-refractivity contribution in [2.45, 2.75) is 32.0 Å². The minimum Gasteiger partial charge on any atom is -0.484 e. The first kappa shape index (κ1) is 22.8.